The van der Waals surface area contributed by atoms with E-state index in [0.717, 1.165) is 31.1 Å². The lowest BCUT2D eigenvalue weighted by Crippen LogP contribution is -2.25. The molecule has 0 unspecified atom stereocenters. The fourth-order valence-corrected chi connectivity index (χ4v) is 2.25. The third-order valence-electron chi connectivity index (χ3n) is 2.78. The summed E-state index contributed by atoms with van der Waals surface area (Å²) < 4.78 is 13.4. The van der Waals surface area contributed by atoms with Crippen LogP contribution in [-0.2, 0) is 0 Å². The third kappa shape index (κ3) is 5.51. The summed E-state index contributed by atoms with van der Waals surface area (Å²) in [5.74, 6) is -0.412. The predicted molar refractivity (Wildman–Crippen MR) is 77.2 cm³/mol. The highest BCUT2D eigenvalue weighted by molar-refractivity contribution is 7.98. The number of thioether (sulfide) groups is 1. The van der Waals surface area contributed by atoms with Crippen LogP contribution in [0.15, 0.2) is 18.2 Å². The molecule has 0 bridgehead atoms. The summed E-state index contributed by atoms with van der Waals surface area (Å²) in [6.07, 6.45) is 6.32. The molecule has 1 aromatic rings. The van der Waals surface area contributed by atoms with Crippen molar-refractivity contribution < 1.29 is 14.3 Å². The second-order valence-corrected chi connectivity index (χ2v) is 5.28. The van der Waals surface area contributed by atoms with Crippen LogP contribution in [0, 0.1) is 5.82 Å². The van der Waals surface area contributed by atoms with Gasteiger partial charge in [0, 0.05) is 6.54 Å². The van der Waals surface area contributed by atoms with Gasteiger partial charge >= 0.3 is 0 Å². The zero-order valence-corrected chi connectivity index (χ0v) is 11.9. The number of hydrogen-bond donors (Lipinski definition) is 2. The average Bonchev–Trinajstić information content (AvgIpc) is 2.37. The van der Waals surface area contributed by atoms with Crippen LogP contribution in [0.4, 0.5) is 4.39 Å². The topological polar surface area (TPSA) is 49.3 Å². The highest BCUT2D eigenvalue weighted by atomic mass is 32.2. The van der Waals surface area contributed by atoms with E-state index in [-0.39, 0.29) is 11.3 Å². The molecule has 0 atom stereocenters. The first kappa shape index (κ1) is 15.8. The molecular weight excluding hydrogens is 265 g/mol. The van der Waals surface area contributed by atoms with E-state index >= 15 is 0 Å². The van der Waals surface area contributed by atoms with Crippen molar-refractivity contribution in [2.24, 2.45) is 0 Å². The fourth-order valence-electron chi connectivity index (χ4n) is 1.75. The van der Waals surface area contributed by atoms with Crippen molar-refractivity contribution in [3.05, 3.63) is 29.6 Å². The molecule has 0 saturated carbocycles. The molecule has 0 aliphatic carbocycles. The highest BCUT2D eigenvalue weighted by Crippen LogP contribution is 2.19. The molecule has 5 heteroatoms. The van der Waals surface area contributed by atoms with E-state index in [4.69, 9.17) is 0 Å². The van der Waals surface area contributed by atoms with Gasteiger partial charge in [0.15, 0.2) is 0 Å². The number of unbranched alkanes of at least 4 members (excludes halogenated alkanes) is 3. The minimum atomic E-state index is -0.697. The highest BCUT2D eigenvalue weighted by Gasteiger charge is 2.15. The second-order valence-electron chi connectivity index (χ2n) is 4.30. The number of halogens is 1. The van der Waals surface area contributed by atoms with Crippen LogP contribution in [0.1, 0.15) is 36.0 Å². The molecule has 0 spiro atoms. The van der Waals surface area contributed by atoms with Crippen molar-refractivity contribution in [1.29, 1.82) is 0 Å². The Morgan fingerprint density at radius 3 is 2.74 bits per heavy atom. The lowest BCUT2D eigenvalue weighted by molar-refractivity contribution is 0.0946. The largest absolute Gasteiger partial charge is 0.507 e. The van der Waals surface area contributed by atoms with Crippen molar-refractivity contribution in [1.82, 2.24) is 5.32 Å². The van der Waals surface area contributed by atoms with Gasteiger partial charge < -0.3 is 10.4 Å². The summed E-state index contributed by atoms with van der Waals surface area (Å²) >= 11 is 1.83. The van der Waals surface area contributed by atoms with Crippen molar-refractivity contribution in [3.8, 4) is 5.75 Å². The van der Waals surface area contributed by atoms with E-state index in [1.165, 1.54) is 18.6 Å². The average molecular weight is 285 g/mol. The van der Waals surface area contributed by atoms with Crippen LogP contribution in [-0.4, -0.2) is 29.6 Å². The molecule has 2 N–H and O–H groups in total. The molecule has 106 valence electrons. The summed E-state index contributed by atoms with van der Waals surface area (Å²) in [5, 5.41) is 12.1. The Balaban J connectivity index is 2.28. The number of nitrogens with one attached hydrogen (secondary N) is 1. The molecule has 0 fully saturated rings. The van der Waals surface area contributed by atoms with Gasteiger partial charge in [0.2, 0.25) is 0 Å². The second kappa shape index (κ2) is 8.80. The van der Waals surface area contributed by atoms with E-state index in [2.05, 4.69) is 11.6 Å². The maximum absolute atomic E-state index is 13.4. The molecule has 1 rings (SSSR count). The van der Waals surface area contributed by atoms with Crippen LogP contribution in [0.5, 0.6) is 5.75 Å². The monoisotopic (exact) mass is 285 g/mol. The summed E-state index contributed by atoms with van der Waals surface area (Å²) in [5.41, 5.74) is -0.273. The van der Waals surface area contributed by atoms with E-state index in [1.807, 2.05) is 11.8 Å². The number of amides is 1. The lowest BCUT2D eigenvalue weighted by atomic mass is 10.1. The van der Waals surface area contributed by atoms with E-state index in [9.17, 15) is 14.3 Å². The first-order valence-corrected chi connectivity index (χ1v) is 7.81. The molecule has 3 nitrogen and oxygen atoms in total. The van der Waals surface area contributed by atoms with Crippen molar-refractivity contribution in [2.45, 2.75) is 25.7 Å². The van der Waals surface area contributed by atoms with Gasteiger partial charge in [0.05, 0.1) is 0 Å². The summed E-state index contributed by atoms with van der Waals surface area (Å²) in [6.45, 7) is 0.506. The van der Waals surface area contributed by atoms with Crippen LogP contribution in [0.2, 0.25) is 0 Å². The standard InChI is InChI=1S/C14H20FNO2S/c1-19-10-5-3-2-4-9-16-14(18)13-11(15)7-6-8-12(13)17/h6-8,17H,2-5,9-10H2,1H3,(H,16,18). The fraction of sp³-hybridized carbons (Fsp3) is 0.500. The SMILES string of the molecule is CSCCCCCCNC(=O)c1c(O)cccc1F. The molecule has 0 aliphatic rings. The minimum Gasteiger partial charge on any atom is -0.507 e. The number of benzene rings is 1. The predicted octanol–water partition coefficient (Wildman–Crippen LogP) is 3.18. The van der Waals surface area contributed by atoms with Gasteiger partial charge in [0.1, 0.15) is 17.1 Å². The molecular formula is C14H20FNO2S. The van der Waals surface area contributed by atoms with Gasteiger partial charge in [-0.05, 0) is 37.0 Å². The summed E-state index contributed by atoms with van der Waals surface area (Å²) in [7, 11) is 0. The maximum atomic E-state index is 13.4. The van der Waals surface area contributed by atoms with Crippen molar-refractivity contribution in [3.63, 3.8) is 0 Å². The molecule has 0 radical (unpaired) electrons. The number of phenols is 1. The number of aromatic hydroxyl groups is 1. The Kier molecular flexibility index (Phi) is 7.33. The Morgan fingerprint density at radius 1 is 1.32 bits per heavy atom. The molecule has 0 heterocycles. The van der Waals surface area contributed by atoms with Gasteiger partial charge in [-0.2, -0.15) is 11.8 Å². The Hall–Kier alpha value is -1.23. The van der Waals surface area contributed by atoms with Crippen LogP contribution in [0.3, 0.4) is 0 Å². The normalized spacial score (nSPS) is 10.4. The van der Waals surface area contributed by atoms with Crippen LogP contribution in [0.25, 0.3) is 0 Å². The first-order chi connectivity index (χ1) is 9.16. The lowest BCUT2D eigenvalue weighted by Gasteiger charge is -2.07. The van der Waals surface area contributed by atoms with Crippen molar-refractivity contribution >= 4 is 17.7 Å². The van der Waals surface area contributed by atoms with Gasteiger partial charge in [-0.1, -0.05) is 18.9 Å². The molecule has 1 amide bonds. The van der Waals surface area contributed by atoms with E-state index in [1.54, 1.807) is 0 Å². The van der Waals surface area contributed by atoms with Crippen molar-refractivity contribution in [2.75, 3.05) is 18.6 Å². The third-order valence-corrected chi connectivity index (χ3v) is 3.48. The Morgan fingerprint density at radius 2 is 2.05 bits per heavy atom. The number of hydrogen-bond acceptors (Lipinski definition) is 3. The van der Waals surface area contributed by atoms with Gasteiger partial charge in [-0.15, -0.1) is 0 Å². The number of carbonyl (C=O) groups is 1. The quantitative estimate of drug-likeness (QED) is 0.721. The van der Waals surface area contributed by atoms with E-state index in [0.29, 0.717) is 6.54 Å². The molecule has 0 aromatic heterocycles. The smallest absolute Gasteiger partial charge is 0.258 e. The minimum absolute atomic E-state index is 0.273. The number of rotatable bonds is 8. The zero-order chi connectivity index (χ0) is 14.1. The molecule has 19 heavy (non-hydrogen) atoms. The molecule has 0 saturated heterocycles. The van der Waals surface area contributed by atoms with Crippen LogP contribution < -0.4 is 5.32 Å². The number of carbonyl (C=O) groups excluding carboxylic acids is 1. The molecule has 0 aliphatic heterocycles. The van der Waals surface area contributed by atoms with Gasteiger partial charge in [-0.25, -0.2) is 4.39 Å². The zero-order valence-electron chi connectivity index (χ0n) is 11.1. The Bertz CT molecular complexity index is 392. The summed E-state index contributed by atoms with van der Waals surface area (Å²) in [6, 6.07) is 3.84. The first-order valence-electron chi connectivity index (χ1n) is 6.41. The van der Waals surface area contributed by atoms with Gasteiger partial charge in [-0.3, -0.25) is 4.79 Å². The number of phenolic OH excluding ortho intramolecular Hbond substituents is 1. The maximum Gasteiger partial charge on any atom is 0.258 e. The molecule has 1 aromatic carbocycles. The van der Waals surface area contributed by atoms with Crippen LogP contribution >= 0.6 is 11.8 Å². The van der Waals surface area contributed by atoms with Gasteiger partial charge in [0.25, 0.3) is 5.91 Å². The summed E-state index contributed by atoms with van der Waals surface area (Å²) in [4.78, 5) is 11.7. The Labute approximate surface area is 117 Å². The van der Waals surface area contributed by atoms with E-state index < -0.39 is 11.7 Å².